The van der Waals surface area contributed by atoms with Crippen LogP contribution in [0.3, 0.4) is 0 Å². The molecule has 270 valence electrons. The van der Waals surface area contributed by atoms with Crippen LogP contribution in [-0.4, -0.2) is 65.8 Å². The summed E-state index contributed by atoms with van der Waals surface area (Å²) in [5, 5.41) is 14.2. The lowest BCUT2D eigenvalue weighted by Crippen LogP contribution is -2.60. The number of rotatable bonds is 19. The summed E-state index contributed by atoms with van der Waals surface area (Å²) in [4.78, 5) is 67.6. The van der Waals surface area contributed by atoms with Crippen LogP contribution in [0.5, 0.6) is 0 Å². The first kappa shape index (κ1) is 40.9. The first-order valence-electron chi connectivity index (χ1n) is 17.4. The summed E-state index contributed by atoms with van der Waals surface area (Å²) >= 11 is 0. The molecule has 0 spiro atoms. The number of nitrogens with one attached hydrogen (secondary N) is 5. The highest BCUT2D eigenvalue weighted by Gasteiger charge is 2.33. The van der Waals surface area contributed by atoms with Gasteiger partial charge in [0.2, 0.25) is 29.5 Å². The molecule has 2 aromatic carbocycles. The maximum atomic E-state index is 14.1. The molecule has 7 N–H and O–H groups in total. The third-order valence-electron chi connectivity index (χ3n) is 7.91. The van der Waals surface area contributed by atoms with Crippen LogP contribution in [0.25, 0.3) is 0 Å². The Morgan fingerprint density at radius 3 is 1.33 bits per heavy atom. The smallest absolute Gasteiger partial charge is 0.243 e. The average molecular weight is 679 g/mol. The van der Waals surface area contributed by atoms with Crippen molar-refractivity contribution in [2.24, 2.45) is 23.5 Å². The van der Waals surface area contributed by atoms with Crippen molar-refractivity contribution in [3.8, 4) is 0 Å². The average Bonchev–Trinajstić information content (AvgIpc) is 3.02. The second kappa shape index (κ2) is 20.3. The van der Waals surface area contributed by atoms with Gasteiger partial charge in [0, 0.05) is 18.9 Å². The molecule has 2 aromatic rings. The van der Waals surface area contributed by atoms with Gasteiger partial charge in [0.25, 0.3) is 0 Å². The van der Waals surface area contributed by atoms with Crippen molar-refractivity contribution in [1.29, 1.82) is 0 Å². The summed E-state index contributed by atoms with van der Waals surface area (Å²) in [6.45, 7) is 15.1. The largest absolute Gasteiger partial charge is 0.352 e. The minimum absolute atomic E-state index is 0.116. The van der Waals surface area contributed by atoms with E-state index in [4.69, 9.17) is 5.73 Å². The monoisotopic (exact) mass is 678 g/mol. The highest BCUT2D eigenvalue weighted by Crippen LogP contribution is 2.12. The molecule has 5 atom stereocenters. The Hall–Kier alpha value is -4.25. The Morgan fingerprint density at radius 1 is 0.510 bits per heavy atom. The van der Waals surface area contributed by atoms with Crippen molar-refractivity contribution in [2.45, 2.75) is 117 Å². The fraction of sp³-hybridized carbons (Fsp3) is 0.553. The molecule has 0 aromatic heterocycles. The van der Waals surface area contributed by atoms with Crippen LogP contribution in [0.15, 0.2) is 60.7 Å². The highest BCUT2D eigenvalue weighted by atomic mass is 16.2. The van der Waals surface area contributed by atoms with Crippen LogP contribution >= 0.6 is 0 Å². The van der Waals surface area contributed by atoms with E-state index in [-0.39, 0.29) is 42.5 Å². The summed E-state index contributed by atoms with van der Waals surface area (Å²) in [6, 6.07) is 13.7. The second-order valence-corrected chi connectivity index (χ2v) is 14.3. The van der Waals surface area contributed by atoms with Gasteiger partial charge in [-0.3, -0.25) is 24.0 Å². The van der Waals surface area contributed by atoms with Crippen LogP contribution in [0.4, 0.5) is 0 Å². The van der Waals surface area contributed by atoms with Gasteiger partial charge >= 0.3 is 0 Å². The van der Waals surface area contributed by atoms with Gasteiger partial charge in [-0.25, -0.2) is 0 Å². The molecule has 0 radical (unpaired) electrons. The maximum absolute atomic E-state index is 14.1. The van der Waals surface area contributed by atoms with Crippen molar-refractivity contribution in [2.75, 3.05) is 0 Å². The van der Waals surface area contributed by atoms with E-state index in [2.05, 4.69) is 26.6 Å². The number of nitrogens with two attached hydrogens (primary N) is 1. The minimum Gasteiger partial charge on any atom is -0.352 e. The molecule has 0 saturated heterocycles. The fourth-order valence-corrected chi connectivity index (χ4v) is 5.42. The summed E-state index contributed by atoms with van der Waals surface area (Å²) in [5.41, 5.74) is 7.69. The normalized spacial score (nSPS) is 14.5. The predicted octanol–water partition coefficient (Wildman–Crippen LogP) is 3.01. The van der Waals surface area contributed by atoms with E-state index >= 15 is 0 Å². The molecular formula is C38H58N6O5. The van der Waals surface area contributed by atoms with E-state index < -0.39 is 53.8 Å². The Bertz CT molecular complexity index is 1350. The van der Waals surface area contributed by atoms with E-state index in [1.54, 1.807) is 13.8 Å². The van der Waals surface area contributed by atoms with Crippen LogP contribution in [0.1, 0.15) is 79.4 Å². The molecule has 0 fully saturated rings. The summed E-state index contributed by atoms with van der Waals surface area (Å²) in [7, 11) is 0. The van der Waals surface area contributed by atoms with Crippen LogP contribution in [-0.2, 0) is 36.8 Å². The maximum Gasteiger partial charge on any atom is 0.243 e. The second-order valence-electron chi connectivity index (χ2n) is 14.3. The number of amides is 5. The molecule has 0 unspecified atom stereocenters. The summed E-state index contributed by atoms with van der Waals surface area (Å²) < 4.78 is 0. The minimum atomic E-state index is -1.08. The number of carbonyl (C=O) groups is 5. The number of hydrogen-bond acceptors (Lipinski definition) is 6. The number of carbonyl (C=O) groups excluding carboxylic acids is 5. The standard InChI is InChI=1S/C38H58N6O5/c1-23(2)19-29(39)34(45)44-33(25(5)6)38(49)43-32(22-28-17-13-10-14-18-28)37(48)42-31(21-27-15-11-9-12-16-27)36(47)41-30(20-24(3)4)35(46)40-26(7)8/h9-18,23-26,29-33H,19-22,39H2,1-8H3,(H,40,46)(H,41,47)(H,42,48)(H,43,49)(H,44,45)/t29-,30-,31-,32-,33-/m1/s1. The van der Waals surface area contributed by atoms with Crippen molar-refractivity contribution in [3.05, 3.63) is 71.8 Å². The summed E-state index contributed by atoms with van der Waals surface area (Å²) in [5.74, 6) is -2.37. The van der Waals surface area contributed by atoms with Gasteiger partial charge in [-0.2, -0.15) is 0 Å². The highest BCUT2D eigenvalue weighted by molar-refractivity contribution is 5.96. The molecule has 11 heteroatoms. The van der Waals surface area contributed by atoms with Gasteiger partial charge in [0.05, 0.1) is 6.04 Å². The molecule has 49 heavy (non-hydrogen) atoms. The lowest BCUT2D eigenvalue weighted by molar-refractivity contribution is -0.135. The van der Waals surface area contributed by atoms with E-state index in [0.29, 0.717) is 12.8 Å². The van der Waals surface area contributed by atoms with E-state index in [0.717, 1.165) is 11.1 Å². The van der Waals surface area contributed by atoms with Crippen molar-refractivity contribution >= 4 is 29.5 Å². The predicted molar refractivity (Wildman–Crippen MR) is 193 cm³/mol. The van der Waals surface area contributed by atoms with Crippen molar-refractivity contribution in [1.82, 2.24) is 26.6 Å². The van der Waals surface area contributed by atoms with Gasteiger partial charge in [0.1, 0.15) is 24.2 Å². The molecule has 5 amide bonds. The topological polar surface area (TPSA) is 172 Å². The Balaban J connectivity index is 2.39. The molecule has 2 rings (SSSR count). The zero-order chi connectivity index (χ0) is 36.7. The molecule has 0 aliphatic heterocycles. The molecule has 0 heterocycles. The lowest BCUT2D eigenvalue weighted by Gasteiger charge is -2.28. The van der Waals surface area contributed by atoms with E-state index in [1.165, 1.54) is 0 Å². The Kier molecular flexibility index (Phi) is 17.0. The summed E-state index contributed by atoms with van der Waals surface area (Å²) in [6.07, 6.45) is 1.16. The van der Waals surface area contributed by atoms with Gasteiger partial charge < -0.3 is 32.3 Å². The van der Waals surface area contributed by atoms with Gasteiger partial charge in [0.15, 0.2) is 0 Å². The SMILES string of the molecule is CC(C)C[C@@H](N)C(=O)N[C@@H](C(=O)N[C@H](Cc1ccccc1)C(=O)N[C@H](Cc1ccccc1)C(=O)N[C@H](CC(C)C)C(=O)NC(C)C)C(C)C. The van der Waals surface area contributed by atoms with Crippen molar-refractivity contribution in [3.63, 3.8) is 0 Å². The molecule has 0 aliphatic rings. The van der Waals surface area contributed by atoms with Crippen LogP contribution in [0, 0.1) is 17.8 Å². The third kappa shape index (κ3) is 14.8. The lowest BCUT2D eigenvalue weighted by atomic mass is 9.98. The molecule has 0 aliphatic carbocycles. The molecule has 11 nitrogen and oxygen atoms in total. The molecule has 0 saturated carbocycles. The zero-order valence-corrected chi connectivity index (χ0v) is 30.4. The Labute approximate surface area is 292 Å². The first-order valence-corrected chi connectivity index (χ1v) is 17.4. The van der Waals surface area contributed by atoms with Gasteiger partial charge in [-0.15, -0.1) is 0 Å². The third-order valence-corrected chi connectivity index (χ3v) is 7.91. The fourth-order valence-electron chi connectivity index (χ4n) is 5.42. The first-order chi connectivity index (χ1) is 23.1. The zero-order valence-electron chi connectivity index (χ0n) is 30.4. The molecular weight excluding hydrogens is 620 g/mol. The number of hydrogen-bond donors (Lipinski definition) is 6. The van der Waals surface area contributed by atoms with Crippen LogP contribution < -0.4 is 32.3 Å². The van der Waals surface area contributed by atoms with Crippen molar-refractivity contribution < 1.29 is 24.0 Å². The quantitative estimate of drug-likeness (QED) is 0.133. The van der Waals surface area contributed by atoms with E-state index in [1.807, 2.05) is 102 Å². The number of benzene rings is 2. The molecule has 0 bridgehead atoms. The van der Waals surface area contributed by atoms with Gasteiger partial charge in [-0.05, 0) is 55.6 Å². The van der Waals surface area contributed by atoms with Crippen LogP contribution in [0.2, 0.25) is 0 Å². The van der Waals surface area contributed by atoms with Gasteiger partial charge in [-0.1, -0.05) is 102 Å². The Morgan fingerprint density at radius 2 is 0.918 bits per heavy atom. The van der Waals surface area contributed by atoms with E-state index in [9.17, 15) is 24.0 Å².